The number of nitrogens with zero attached hydrogens (tertiary/aromatic N) is 4. The predicted molar refractivity (Wildman–Crippen MR) is 67.7 cm³/mol. The van der Waals surface area contributed by atoms with Gasteiger partial charge in [-0.2, -0.15) is 0 Å². The highest BCUT2D eigenvalue weighted by Crippen LogP contribution is 2.11. The van der Waals surface area contributed by atoms with Gasteiger partial charge >= 0.3 is 5.97 Å². The van der Waals surface area contributed by atoms with Crippen LogP contribution in [0.3, 0.4) is 0 Å². The van der Waals surface area contributed by atoms with Crippen molar-refractivity contribution in [1.82, 2.24) is 20.0 Å². The van der Waals surface area contributed by atoms with E-state index in [9.17, 15) is 9.59 Å². The largest absolute Gasteiger partial charge is 0.480 e. The summed E-state index contributed by atoms with van der Waals surface area (Å²) in [6, 6.07) is 3.16. The molecule has 0 fully saturated rings. The molecule has 2 heterocycles. The number of nitrogens with one attached hydrogen (secondary N) is 1. The fourth-order valence-corrected chi connectivity index (χ4v) is 1.55. The minimum Gasteiger partial charge on any atom is -0.480 e. The van der Waals surface area contributed by atoms with Crippen LogP contribution in [-0.2, 0) is 17.9 Å². The molecule has 20 heavy (non-hydrogen) atoms. The molecule has 9 nitrogen and oxygen atoms in total. The van der Waals surface area contributed by atoms with E-state index in [-0.39, 0.29) is 18.7 Å². The van der Waals surface area contributed by atoms with Crippen molar-refractivity contribution < 1.29 is 14.7 Å². The van der Waals surface area contributed by atoms with Crippen LogP contribution in [0.1, 0.15) is 16.1 Å². The third-order valence-electron chi connectivity index (χ3n) is 2.39. The third kappa shape index (κ3) is 3.28. The minimum atomic E-state index is -1.00. The predicted octanol–water partition coefficient (Wildman–Crippen LogP) is -0.531. The van der Waals surface area contributed by atoms with Gasteiger partial charge in [-0.1, -0.05) is 5.21 Å². The summed E-state index contributed by atoms with van der Waals surface area (Å²) in [6.45, 7) is -0.0139. The summed E-state index contributed by atoms with van der Waals surface area (Å²) in [5.74, 6) is -1.25. The average molecular weight is 276 g/mol. The molecule has 0 aliphatic heterocycles. The lowest BCUT2D eigenvalue weighted by molar-refractivity contribution is -0.137. The van der Waals surface area contributed by atoms with Crippen LogP contribution in [0.2, 0.25) is 0 Å². The molecule has 9 heteroatoms. The molecule has 2 rings (SSSR count). The smallest absolute Gasteiger partial charge is 0.325 e. The molecule has 1 amide bonds. The van der Waals surface area contributed by atoms with Gasteiger partial charge < -0.3 is 16.2 Å². The maximum Gasteiger partial charge on any atom is 0.325 e. The molecule has 0 bridgehead atoms. The van der Waals surface area contributed by atoms with E-state index in [2.05, 4.69) is 20.6 Å². The molecule has 0 aliphatic rings. The number of primary amides is 1. The second-order valence-corrected chi connectivity index (χ2v) is 3.92. The van der Waals surface area contributed by atoms with E-state index in [1.54, 1.807) is 12.1 Å². The van der Waals surface area contributed by atoms with Crippen molar-refractivity contribution in [2.24, 2.45) is 5.73 Å². The van der Waals surface area contributed by atoms with Crippen LogP contribution >= 0.6 is 0 Å². The van der Waals surface area contributed by atoms with Crippen molar-refractivity contribution in [3.63, 3.8) is 0 Å². The Hall–Kier alpha value is -2.97. The molecule has 0 aromatic carbocycles. The van der Waals surface area contributed by atoms with Crippen LogP contribution < -0.4 is 11.1 Å². The summed E-state index contributed by atoms with van der Waals surface area (Å²) in [4.78, 5) is 25.7. The number of nitrogens with two attached hydrogens (primary N) is 1. The summed E-state index contributed by atoms with van der Waals surface area (Å²) in [6.07, 6.45) is 3.02. The minimum absolute atomic E-state index is 0.247. The maximum absolute atomic E-state index is 11.2. The number of hydrogen-bond donors (Lipinski definition) is 3. The molecule has 0 saturated carbocycles. The second kappa shape index (κ2) is 5.78. The van der Waals surface area contributed by atoms with Gasteiger partial charge in [0.05, 0.1) is 18.3 Å². The SMILES string of the molecule is NC(=O)c1cccnc1NCc1cn(CC(=O)O)nn1. The van der Waals surface area contributed by atoms with E-state index >= 15 is 0 Å². The van der Waals surface area contributed by atoms with Crippen LogP contribution in [-0.4, -0.2) is 37.0 Å². The normalized spacial score (nSPS) is 10.2. The Kier molecular flexibility index (Phi) is 3.89. The first kappa shape index (κ1) is 13.5. The van der Waals surface area contributed by atoms with Gasteiger partial charge in [-0.25, -0.2) is 9.67 Å². The van der Waals surface area contributed by atoms with E-state index in [0.29, 0.717) is 11.5 Å². The van der Waals surface area contributed by atoms with Crippen LogP contribution in [0.25, 0.3) is 0 Å². The van der Waals surface area contributed by atoms with E-state index in [4.69, 9.17) is 10.8 Å². The fourth-order valence-electron chi connectivity index (χ4n) is 1.55. The maximum atomic E-state index is 11.2. The molecular formula is C11H12N6O3. The van der Waals surface area contributed by atoms with E-state index < -0.39 is 11.9 Å². The quantitative estimate of drug-likeness (QED) is 0.645. The number of aliphatic carboxylic acids is 1. The first-order valence-electron chi connectivity index (χ1n) is 5.66. The lowest BCUT2D eigenvalue weighted by atomic mass is 10.2. The summed E-state index contributed by atoms with van der Waals surface area (Å²) < 4.78 is 1.20. The number of carbonyl (C=O) groups is 2. The number of amides is 1. The monoisotopic (exact) mass is 276 g/mol. The Labute approximate surface area is 113 Å². The summed E-state index contributed by atoms with van der Waals surface area (Å²) in [7, 11) is 0. The number of rotatable bonds is 6. The number of anilines is 1. The molecular weight excluding hydrogens is 264 g/mol. The van der Waals surface area contributed by atoms with Crippen molar-refractivity contribution in [3.05, 3.63) is 35.8 Å². The number of carboxylic acids is 1. The van der Waals surface area contributed by atoms with Crippen molar-refractivity contribution in [1.29, 1.82) is 0 Å². The second-order valence-electron chi connectivity index (χ2n) is 3.92. The van der Waals surface area contributed by atoms with Gasteiger partial charge in [0.25, 0.3) is 5.91 Å². The van der Waals surface area contributed by atoms with Gasteiger partial charge in [0.15, 0.2) is 0 Å². The highest BCUT2D eigenvalue weighted by Gasteiger charge is 2.09. The van der Waals surface area contributed by atoms with Crippen LogP contribution in [0.4, 0.5) is 5.82 Å². The Balaban J connectivity index is 2.04. The fraction of sp³-hybridized carbons (Fsp3) is 0.182. The summed E-state index contributed by atoms with van der Waals surface area (Å²) in [5, 5.41) is 19.0. The summed E-state index contributed by atoms with van der Waals surface area (Å²) >= 11 is 0. The lowest BCUT2D eigenvalue weighted by Gasteiger charge is -2.06. The molecule has 4 N–H and O–H groups in total. The molecule has 0 aliphatic carbocycles. The average Bonchev–Trinajstić information content (AvgIpc) is 2.83. The van der Waals surface area contributed by atoms with Crippen molar-refractivity contribution >= 4 is 17.7 Å². The first-order chi connectivity index (χ1) is 9.56. The number of aromatic nitrogens is 4. The number of carboxylic acid groups (broad SMARTS) is 1. The van der Waals surface area contributed by atoms with Crippen LogP contribution in [0.5, 0.6) is 0 Å². The molecule has 2 aromatic heterocycles. The Bertz CT molecular complexity index is 639. The Morgan fingerprint density at radius 3 is 2.95 bits per heavy atom. The lowest BCUT2D eigenvalue weighted by Crippen LogP contribution is -2.15. The van der Waals surface area contributed by atoms with Crippen molar-refractivity contribution in [2.45, 2.75) is 13.1 Å². The zero-order valence-electron chi connectivity index (χ0n) is 10.4. The van der Waals surface area contributed by atoms with E-state index in [0.717, 1.165) is 0 Å². The van der Waals surface area contributed by atoms with Crippen molar-refractivity contribution in [2.75, 3.05) is 5.32 Å². The zero-order chi connectivity index (χ0) is 14.5. The first-order valence-corrected chi connectivity index (χ1v) is 5.66. The molecule has 0 atom stereocenters. The molecule has 0 unspecified atom stereocenters. The number of pyridine rings is 1. The van der Waals surface area contributed by atoms with Gasteiger partial charge in [0.2, 0.25) is 0 Å². The number of carbonyl (C=O) groups excluding carboxylic acids is 1. The van der Waals surface area contributed by atoms with E-state index in [1.807, 2.05) is 0 Å². The van der Waals surface area contributed by atoms with Gasteiger partial charge in [-0.05, 0) is 12.1 Å². The van der Waals surface area contributed by atoms with Gasteiger partial charge in [-0.3, -0.25) is 9.59 Å². The topological polar surface area (TPSA) is 136 Å². The number of hydrogen-bond acceptors (Lipinski definition) is 6. The zero-order valence-corrected chi connectivity index (χ0v) is 10.4. The Morgan fingerprint density at radius 2 is 2.25 bits per heavy atom. The molecule has 0 spiro atoms. The van der Waals surface area contributed by atoms with Gasteiger partial charge in [-0.15, -0.1) is 5.10 Å². The van der Waals surface area contributed by atoms with Gasteiger partial charge in [0.1, 0.15) is 18.1 Å². The molecule has 104 valence electrons. The van der Waals surface area contributed by atoms with Crippen LogP contribution in [0, 0.1) is 0 Å². The summed E-state index contributed by atoms with van der Waals surface area (Å²) in [5.41, 5.74) is 6.02. The Morgan fingerprint density at radius 1 is 1.45 bits per heavy atom. The molecule has 2 aromatic rings. The van der Waals surface area contributed by atoms with Crippen LogP contribution in [0.15, 0.2) is 24.5 Å². The van der Waals surface area contributed by atoms with E-state index in [1.165, 1.54) is 17.1 Å². The molecule has 0 radical (unpaired) electrons. The highest BCUT2D eigenvalue weighted by atomic mass is 16.4. The standard InChI is InChI=1S/C11H12N6O3/c12-10(20)8-2-1-3-13-11(8)14-4-7-5-17(16-15-7)6-9(18)19/h1-3,5H,4,6H2,(H2,12,20)(H,13,14)(H,18,19). The highest BCUT2D eigenvalue weighted by molar-refractivity contribution is 5.97. The molecule has 0 saturated heterocycles. The van der Waals surface area contributed by atoms with Gasteiger partial charge in [0, 0.05) is 6.20 Å². The third-order valence-corrected chi connectivity index (χ3v) is 2.39. The van der Waals surface area contributed by atoms with Crippen molar-refractivity contribution in [3.8, 4) is 0 Å².